The molecule has 0 aromatic heterocycles. The van der Waals surface area contributed by atoms with E-state index in [9.17, 15) is 4.79 Å². The first-order chi connectivity index (χ1) is 11.2. The first-order valence-electron chi connectivity index (χ1n) is 7.18. The van der Waals surface area contributed by atoms with E-state index in [0.717, 1.165) is 0 Å². The first-order valence-corrected chi connectivity index (χ1v) is 7.18. The van der Waals surface area contributed by atoms with Gasteiger partial charge in [-0.25, -0.2) is 0 Å². The second kappa shape index (κ2) is 6.39. The molecule has 1 atom stereocenters. The maximum atomic E-state index is 12.5. The minimum absolute atomic E-state index is 0.215. The highest BCUT2D eigenvalue weighted by atomic mass is 16.5. The van der Waals surface area contributed by atoms with E-state index in [-0.39, 0.29) is 5.91 Å². The zero-order chi connectivity index (χ0) is 16.2. The number of benzene rings is 2. The average molecular weight is 308 g/mol. The van der Waals surface area contributed by atoms with Gasteiger partial charge in [0.2, 0.25) is 0 Å². The van der Waals surface area contributed by atoms with Crippen LogP contribution in [0.2, 0.25) is 0 Å². The van der Waals surface area contributed by atoms with Crippen molar-refractivity contribution in [2.75, 3.05) is 12.1 Å². The third kappa shape index (κ3) is 2.96. The maximum Gasteiger partial charge on any atom is 0.280 e. The average Bonchev–Trinajstić information content (AvgIpc) is 2.88. The zero-order valence-electron chi connectivity index (χ0n) is 12.9. The van der Waals surface area contributed by atoms with Gasteiger partial charge in [-0.05, 0) is 31.2 Å². The van der Waals surface area contributed by atoms with Gasteiger partial charge in [-0.3, -0.25) is 4.79 Å². The summed E-state index contributed by atoms with van der Waals surface area (Å²) in [6.45, 7) is 1.77. The minimum atomic E-state index is -0.708. The molecule has 0 aliphatic carbocycles. The van der Waals surface area contributed by atoms with Gasteiger partial charge in [0, 0.05) is 0 Å². The van der Waals surface area contributed by atoms with E-state index in [1.165, 1.54) is 5.01 Å². The Morgan fingerprint density at radius 3 is 2.52 bits per heavy atom. The lowest BCUT2D eigenvalue weighted by atomic mass is 10.2. The van der Waals surface area contributed by atoms with Crippen LogP contribution in [0.3, 0.4) is 0 Å². The van der Waals surface area contributed by atoms with Crippen LogP contribution in [-0.4, -0.2) is 24.8 Å². The van der Waals surface area contributed by atoms with Gasteiger partial charge in [-0.1, -0.05) is 30.3 Å². The molecule has 0 radical (unpaired) electrons. The Morgan fingerprint density at radius 2 is 1.78 bits per heavy atom. The molecule has 2 aromatic carbocycles. The number of azo groups is 1. The summed E-state index contributed by atoms with van der Waals surface area (Å²) < 4.78 is 5.23. The van der Waals surface area contributed by atoms with Crippen LogP contribution in [-0.2, 0) is 4.79 Å². The Kier molecular flexibility index (Phi) is 4.14. The van der Waals surface area contributed by atoms with Crippen LogP contribution in [0.5, 0.6) is 5.75 Å². The molecule has 0 spiro atoms. The normalized spacial score (nSPS) is 17.7. The topological polar surface area (TPSA) is 66.6 Å². The number of hydrogen-bond donors (Lipinski definition) is 0. The number of ether oxygens (including phenoxy) is 1. The van der Waals surface area contributed by atoms with E-state index < -0.39 is 6.04 Å². The van der Waals surface area contributed by atoms with Crippen molar-refractivity contribution < 1.29 is 9.53 Å². The van der Waals surface area contributed by atoms with Crippen molar-refractivity contribution in [2.24, 2.45) is 15.3 Å². The number of hydrogen-bond acceptors (Lipinski definition) is 5. The highest BCUT2D eigenvalue weighted by molar-refractivity contribution is 6.18. The van der Waals surface area contributed by atoms with Crippen molar-refractivity contribution in [3.05, 3.63) is 54.6 Å². The minimum Gasteiger partial charge on any atom is -0.494 e. The van der Waals surface area contributed by atoms with Gasteiger partial charge in [0.15, 0.2) is 6.04 Å². The lowest BCUT2D eigenvalue weighted by Crippen LogP contribution is -2.29. The smallest absolute Gasteiger partial charge is 0.280 e. The third-order valence-corrected chi connectivity index (χ3v) is 3.46. The zero-order valence-corrected chi connectivity index (χ0v) is 12.9. The highest BCUT2D eigenvalue weighted by Crippen LogP contribution is 2.28. The third-order valence-electron chi connectivity index (χ3n) is 3.46. The Morgan fingerprint density at radius 1 is 1.09 bits per heavy atom. The predicted molar refractivity (Wildman–Crippen MR) is 88.3 cm³/mol. The van der Waals surface area contributed by atoms with Gasteiger partial charge in [0.05, 0.1) is 18.5 Å². The standard InChI is InChI=1S/C17H16N4O2/c1-12-16(19-18-14-10-6-7-11-15(14)23-2)17(22)21(20-12)13-8-4-3-5-9-13/h3-11,16H,1-2H3/t16-/m0/s1. The van der Waals surface area contributed by atoms with E-state index in [1.54, 1.807) is 26.2 Å². The van der Waals surface area contributed by atoms with E-state index in [4.69, 9.17) is 4.74 Å². The molecular formula is C17H16N4O2. The fraction of sp³-hybridized carbons (Fsp3) is 0.176. The van der Waals surface area contributed by atoms with Crippen LogP contribution in [0.1, 0.15) is 6.92 Å². The number of para-hydroxylation sites is 2. The van der Waals surface area contributed by atoms with Crippen LogP contribution >= 0.6 is 0 Å². The van der Waals surface area contributed by atoms with Crippen LogP contribution in [0.4, 0.5) is 11.4 Å². The number of carbonyl (C=O) groups is 1. The molecule has 0 fully saturated rings. The van der Waals surface area contributed by atoms with Crippen LogP contribution in [0.15, 0.2) is 69.9 Å². The summed E-state index contributed by atoms with van der Waals surface area (Å²) >= 11 is 0. The van der Waals surface area contributed by atoms with Crippen molar-refractivity contribution in [1.29, 1.82) is 0 Å². The van der Waals surface area contributed by atoms with Gasteiger partial charge in [-0.2, -0.15) is 20.3 Å². The van der Waals surface area contributed by atoms with E-state index >= 15 is 0 Å². The number of methoxy groups -OCH3 is 1. The summed E-state index contributed by atoms with van der Waals surface area (Å²) in [5, 5.41) is 14.0. The second-order valence-electron chi connectivity index (χ2n) is 5.02. The molecule has 2 aromatic rings. The highest BCUT2D eigenvalue weighted by Gasteiger charge is 2.34. The lowest BCUT2D eigenvalue weighted by Gasteiger charge is -2.11. The van der Waals surface area contributed by atoms with Crippen LogP contribution in [0, 0.1) is 0 Å². The first kappa shape index (κ1) is 14.9. The largest absolute Gasteiger partial charge is 0.494 e. The Balaban J connectivity index is 1.83. The molecule has 23 heavy (non-hydrogen) atoms. The Bertz CT molecular complexity index is 771. The summed E-state index contributed by atoms with van der Waals surface area (Å²) in [7, 11) is 1.57. The number of nitrogens with zero attached hydrogens (tertiary/aromatic N) is 4. The SMILES string of the molecule is COc1ccccc1N=N[C@@H]1C(=O)N(c2ccccc2)N=C1C. The number of amides is 1. The monoisotopic (exact) mass is 308 g/mol. The number of hydrazone groups is 1. The Labute approximate surface area is 134 Å². The molecule has 1 heterocycles. The van der Waals surface area contributed by atoms with Crippen LogP contribution in [0.25, 0.3) is 0 Å². The molecule has 3 rings (SSSR count). The molecule has 0 saturated heterocycles. The summed E-state index contributed by atoms with van der Waals surface area (Å²) in [6.07, 6.45) is 0. The number of anilines is 1. The fourth-order valence-corrected chi connectivity index (χ4v) is 2.28. The summed E-state index contributed by atoms with van der Waals surface area (Å²) in [4.78, 5) is 12.5. The molecule has 1 aliphatic heterocycles. The van der Waals surface area contributed by atoms with Gasteiger partial charge in [-0.15, -0.1) is 0 Å². The molecule has 6 heteroatoms. The van der Waals surface area contributed by atoms with E-state index in [1.807, 2.05) is 42.5 Å². The number of carbonyl (C=O) groups excluding carboxylic acids is 1. The van der Waals surface area contributed by atoms with Gasteiger partial charge < -0.3 is 4.74 Å². The number of rotatable bonds is 4. The molecule has 0 unspecified atom stereocenters. The Hall–Kier alpha value is -3.02. The van der Waals surface area contributed by atoms with Crippen molar-refractivity contribution in [2.45, 2.75) is 13.0 Å². The maximum absolute atomic E-state index is 12.5. The van der Waals surface area contributed by atoms with Crippen molar-refractivity contribution in [3.8, 4) is 5.75 Å². The molecule has 6 nitrogen and oxygen atoms in total. The summed E-state index contributed by atoms with van der Waals surface area (Å²) in [5.74, 6) is 0.392. The fourth-order valence-electron chi connectivity index (χ4n) is 2.28. The molecule has 0 bridgehead atoms. The van der Waals surface area contributed by atoms with E-state index in [0.29, 0.717) is 22.8 Å². The quantitative estimate of drug-likeness (QED) is 0.810. The summed E-state index contributed by atoms with van der Waals surface area (Å²) in [6, 6.07) is 15.8. The molecule has 0 N–H and O–H groups in total. The lowest BCUT2D eigenvalue weighted by molar-refractivity contribution is -0.117. The summed E-state index contributed by atoms with van der Waals surface area (Å²) in [5.41, 5.74) is 1.90. The van der Waals surface area contributed by atoms with Crippen molar-refractivity contribution in [1.82, 2.24) is 0 Å². The molecule has 1 aliphatic rings. The molecule has 1 amide bonds. The molecule has 116 valence electrons. The van der Waals surface area contributed by atoms with E-state index in [2.05, 4.69) is 15.3 Å². The van der Waals surface area contributed by atoms with Crippen LogP contribution < -0.4 is 9.75 Å². The molecule has 0 saturated carbocycles. The predicted octanol–water partition coefficient (Wildman–Crippen LogP) is 3.57. The van der Waals surface area contributed by atoms with Gasteiger partial charge in [0.25, 0.3) is 5.91 Å². The van der Waals surface area contributed by atoms with Gasteiger partial charge in [0.1, 0.15) is 11.4 Å². The van der Waals surface area contributed by atoms with Crippen molar-refractivity contribution in [3.63, 3.8) is 0 Å². The van der Waals surface area contributed by atoms with Gasteiger partial charge >= 0.3 is 0 Å². The molecular weight excluding hydrogens is 292 g/mol. The van der Waals surface area contributed by atoms with Crippen molar-refractivity contribution >= 4 is 23.0 Å². The second-order valence-corrected chi connectivity index (χ2v) is 5.02.